The van der Waals surface area contributed by atoms with E-state index in [4.69, 9.17) is 14.5 Å². The molecule has 1 aliphatic rings. The number of hydrogen-bond acceptors (Lipinski definition) is 6. The van der Waals surface area contributed by atoms with Crippen LogP contribution in [0.15, 0.2) is 72.8 Å². The first-order valence-corrected chi connectivity index (χ1v) is 12.2. The van der Waals surface area contributed by atoms with Crippen molar-refractivity contribution in [3.05, 3.63) is 78.4 Å². The van der Waals surface area contributed by atoms with Gasteiger partial charge in [0.1, 0.15) is 5.75 Å². The van der Waals surface area contributed by atoms with Crippen molar-refractivity contribution in [2.24, 2.45) is 0 Å². The monoisotopic (exact) mass is 509 g/mol. The number of anilines is 1. The van der Waals surface area contributed by atoms with Crippen LogP contribution in [0.4, 0.5) is 5.13 Å². The molecular formula is C27H28ClN3O3S. The molecule has 0 spiro atoms. The van der Waals surface area contributed by atoms with Gasteiger partial charge in [0, 0.05) is 37.8 Å². The third-order valence-corrected chi connectivity index (χ3v) is 7.10. The van der Waals surface area contributed by atoms with Crippen LogP contribution in [0.2, 0.25) is 0 Å². The van der Waals surface area contributed by atoms with Crippen molar-refractivity contribution in [3.8, 4) is 16.9 Å². The molecule has 3 aromatic carbocycles. The van der Waals surface area contributed by atoms with Gasteiger partial charge in [0.15, 0.2) is 5.13 Å². The lowest BCUT2D eigenvalue weighted by Crippen LogP contribution is -2.43. The summed E-state index contributed by atoms with van der Waals surface area (Å²) in [6.07, 6.45) is 0. The highest BCUT2D eigenvalue weighted by Crippen LogP contribution is 2.32. The van der Waals surface area contributed by atoms with E-state index in [-0.39, 0.29) is 18.3 Å². The first-order chi connectivity index (χ1) is 16.7. The molecule has 182 valence electrons. The zero-order valence-corrected chi connectivity index (χ0v) is 21.2. The second-order valence-electron chi connectivity index (χ2n) is 8.18. The molecule has 0 radical (unpaired) electrons. The molecular weight excluding hydrogens is 482 g/mol. The lowest BCUT2D eigenvalue weighted by Gasteiger charge is -2.29. The number of morpholine rings is 1. The average molecular weight is 510 g/mol. The normalized spacial score (nSPS) is 13.9. The number of aromatic nitrogens is 1. The molecule has 6 nitrogen and oxygen atoms in total. The van der Waals surface area contributed by atoms with Crippen LogP contribution in [0.25, 0.3) is 21.3 Å². The van der Waals surface area contributed by atoms with Crippen molar-refractivity contribution in [2.45, 2.75) is 0 Å². The van der Waals surface area contributed by atoms with Crippen molar-refractivity contribution in [2.75, 3.05) is 51.4 Å². The number of benzene rings is 3. The number of thiazole rings is 1. The van der Waals surface area contributed by atoms with Gasteiger partial charge in [-0.15, -0.1) is 12.4 Å². The predicted octanol–water partition coefficient (Wildman–Crippen LogP) is 5.37. The van der Waals surface area contributed by atoms with Crippen LogP contribution in [-0.2, 0) is 4.74 Å². The fraction of sp³-hybridized carbons (Fsp3) is 0.259. The second-order valence-corrected chi connectivity index (χ2v) is 9.19. The minimum Gasteiger partial charge on any atom is -0.497 e. The molecule has 1 fully saturated rings. The maximum atomic E-state index is 13.7. The van der Waals surface area contributed by atoms with Gasteiger partial charge in [0.2, 0.25) is 0 Å². The van der Waals surface area contributed by atoms with Gasteiger partial charge in [-0.05, 0) is 35.4 Å². The maximum Gasteiger partial charge on any atom is 0.260 e. The Morgan fingerprint density at radius 3 is 2.46 bits per heavy atom. The van der Waals surface area contributed by atoms with E-state index >= 15 is 0 Å². The maximum absolute atomic E-state index is 13.7. The molecule has 5 rings (SSSR count). The fourth-order valence-electron chi connectivity index (χ4n) is 4.08. The standard InChI is InChI=1S/C27H27N3O3S.ClH/c1-32-23-11-12-25-24(19-23)28-27(34-25)30(14-13-29-15-17-33-18-16-29)26(31)22-9-7-21(8-10-22)20-5-3-2-4-6-20;/h2-12,19H,13-18H2,1H3;1H. The summed E-state index contributed by atoms with van der Waals surface area (Å²) in [6, 6.07) is 23.8. The summed E-state index contributed by atoms with van der Waals surface area (Å²) in [5.41, 5.74) is 3.70. The number of halogens is 1. The Labute approximate surface area is 215 Å². The van der Waals surface area contributed by atoms with Crippen LogP contribution in [0.1, 0.15) is 10.4 Å². The Kier molecular flexibility index (Phi) is 8.36. The van der Waals surface area contributed by atoms with Crippen molar-refractivity contribution in [1.82, 2.24) is 9.88 Å². The summed E-state index contributed by atoms with van der Waals surface area (Å²) in [6.45, 7) is 4.56. The molecule has 0 aliphatic carbocycles. The Balaban J connectivity index is 0.00000289. The Hall–Kier alpha value is -2.97. The van der Waals surface area contributed by atoms with Crippen LogP contribution >= 0.6 is 23.7 Å². The molecule has 0 atom stereocenters. The highest BCUT2D eigenvalue weighted by molar-refractivity contribution is 7.22. The van der Waals surface area contributed by atoms with Crippen molar-refractivity contribution in [3.63, 3.8) is 0 Å². The molecule has 0 saturated carbocycles. The van der Waals surface area contributed by atoms with Gasteiger partial charge in [-0.25, -0.2) is 4.98 Å². The quantitative estimate of drug-likeness (QED) is 0.335. The summed E-state index contributed by atoms with van der Waals surface area (Å²) in [5, 5.41) is 0.702. The van der Waals surface area contributed by atoms with Crippen LogP contribution in [0, 0.1) is 0 Å². The van der Waals surface area contributed by atoms with Crippen molar-refractivity contribution >= 4 is 45.0 Å². The molecule has 35 heavy (non-hydrogen) atoms. The summed E-state index contributed by atoms with van der Waals surface area (Å²) in [5.74, 6) is 0.714. The minimum atomic E-state index is -0.0427. The summed E-state index contributed by atoms with van der Waals surface area (Å²) in [7, 11) is 1.64. The molecule has 1 amide bonds. The Morgan fingerprint density at radius 1 is 1.03 bits per heavy atom. The molecule has 1 aromatic heterocycles. The second kappa shape index (κ2) is 11.6. The lowest BCUT2D eigenvalue weighted by molar-refractivity contribution is 0.0391. The first-order valence-electron chi connectivity index (χ1n) is 11.4. The number of rotatable bonds is 7. The SMILES string of the molecule is COc1ccc2sc(N(CCN3CCOCC3)C(=O)c3ccc(-c4ccccc4)cc3)nc2c1.Cl. The van der Waals surface area contributed by atoms with E-state index in [1.165, 1.54) is 11.3 Å². The minimum absolute atomic E-state index is 0. The van der Waals surface area contributed by atoms with Crippen molar-refractivity contribution in [1.29, 1.82) is 0 Å². The van der Waals surface area contributed by atoms with Gasteiger partial charge < -0.3 is 9.47 Å². The summed E-state index contributed by atoms with van der Waals surface area (Å²) < 4.78 is 11.8. The number of methoxy groups -OCH3 is 1. The number of fused-ring (bicyclic) bond motifs is 1. The smallest absolute Gasteiger partial charge is 0.260 e. The van der Waals surface area contributed by atoms with Gasteiger partial charge in [-0.3, -0.25) is 14.6 Å². The van der Waals surface area contributed by atoms with E-state index in [1.807, 2.05) is 65.6 Å². The van der Waals surface area contributed by atoms with Crippen LogP contribution in [0.5, 0.6) is 5.75 Å². The van der Waals surface area contributed by atoms with E-state index in [9.17, 15) is 4.79 Å². The number of carbonyl (C=O) groups excluding carboxylic acids is 1. The van der Waals surface area contributed by atoms with E-state index in [0.29, 0.717) is 17.2 Å². The highest BCUT2D eigenvalue weighted by Gasteiger charge is 2.23. The molecule has 0 N–H and O–H groups in total. The summed E-state index contributed by atoms with van der Waals surface area (Å²) >= 11 is 1.53. The van der Waals surface area contributed by atoms with E-state index in [0.717, 1.165) is 59.9 Å². The topological polar surface area (TPSA) is 54.9 Å². The predicted molar refractivity (Wildman–Crippen MR) is 144 cm³/mol. The number of carbonyl (C=O) groups is 1. The molecule has 0 unspecified atom stereocenters. The van der Waals surface area contributed by atoms with Gasteiger partial charge in [-0.1, -0.05) is 53.8 Å². The third kappa shape index (κ3) is 5.82. The average Bonchev–Trinajstić information content (AvgIpc) is 3.33. The number of nitrogens with zero attached hydrogens (tertiary/aromatic N) is 3. The molecule has 8 heteroatoms. The number of amides is 1. The largest absolute Gasteiger partial charge is 0.497 e. The zero-order valence-electron chi connectivity index (χ0n) is 19.6. The number of hydrogen-bond donors (Lipinski definition) is 0. The van der Waals surface area contributed by atoms with Gasteiger partial charge in [-0.2, -0.15) is 0 Å². The molecule has 2 heterocycles. The Bertz CT molecular complexity index is 1260. The van der Waals surface area contributed by atoms with Gasteiger partial charge in [0.05, 0.1) is 30.5 Å². The third-order valence-electron chi connectivity index (χ3n) is 6.04. The Morgan fingerprint density at radius 2 is 1.74 bits per heavy atom. The number of ether oxygens (including phenoxy) is 2. The van der Waals surface area contributed by atoms with Crippen molar-refractivity contribution < 1.29 is 14.3 Å². The molecule has 1 aliphatic heterocycles. The molecule has 4 aromatic rings. The first kappa shape index (κ1) is 25.1. The van der Waals surface area contributed by atoms with E-state index in [2.05, 4.69) is 17.0 Å². The van der Waals surface area contributed by atoms with Crippen LogP contribution < -0.4 is 9.64 Å². The summed E-state index contributed by atoms with van der Waals surface area (Å²) in [4.78, 5) is 22.6. The van der Waals surface area contributed by atoms with Gasteiger partial charge in [0.25, 0.3) is 5.91 Å². The zero-order chi connectivity index (χ0) is 23.3. The van der Waals surface area contributed by atoms with E-state index < -0.39 is 0 Å². The van der Waals surface area contributed by atoms with E-state index in [1.54, 1.807) is 7.11 Å². The lowest BCUT2D eigenvalue weighted by atomic mass is 10.0. The fourth-order valence-corrected chi connectivity index (χ4v) is 5.05. The van der Waals surface area contributed by atoms with Crippen LogP contribution in [0.3, 0.4) is 0 Å². The van der Waals surface area contributed by atoms with Crippen LogP contribution in [-0.4, -0.2) is 62.3 Å². The molecule has 0 bridgehead atoms. The molecule has 1 saturated heterocycles. The van der Waals surface area contributed by atoms with Gasteiger partial charge >= 0.3 is 0 Å². The highest BCUT2D eigenvalue weighted by atomic mass is 35.5.